The van der Waals surface area contributed by atoms with Gasteiger partial charge in [0, 0.05) is 19.6 Å². The summed E-state index contributed by atoms with van der Waals surface area (Å²) in [7, 11) is 0. The number of aryl methyl sites for hydroxylation is 1. The van der Waals surface area contributed by atoms with Crippen LogP contribution >= 0.6 is 11.3 Å². The monoisotopic (exact) mass is 418 g/mol. The van der Waals surface area contributed by atoms with Crippen LogP contribution in [-0.4, -0.2) is 21.9 Å². The quantitative estimate of drug-likeness (QED) is 0.337. The van der Waals surface area contributed by atoms with Crippen molar-refractivity contribution in [1.82, 2.24) is 9.47 Å². The first-order chi connectivity index (χ1) is 14.5. The number of carbonyl (C=O) groups is 1. The molecule has 0 fully saturated rings. The molecule has 2 aromatic heterocycles. The van der Waals surface area contributed by atoms with Crippen molar-refractivity contribution in [3.05, 3.63) is 107 Å². The zero-order chi connectivity index (χ0) is 21.1. The molecule has 0 atom stereocenters. The summed E-state index contributed by atoms with van der Waals surface area (Å²) in [5.41, 5.74) is 4.67. The van der Waals surface area contributed by atoms with Gasteiger partial charge < -0.3 is 9.47 Å². The van der Waals surface area contributed by atoms with Crippen LogP contribution in [-0.2, 0) is 13.1 Å². The maximum absolute atomic E-state index is 13.7. The third-order valence-electron chi connectivity index (χ3n) is 5.10. The van der Waals surface area contributed by atoms with Gasteiger partial charge in [-0.2, -0.15) is 0 Å². The highest BCUT2D eigenvalue weighted by Crippen LogP contribution is 2.27. The zero-order valence-corrected chi connectivity index (χ0v) is 17.7. The molecule has 30 heavy (non-hydrogen) atoms. The average molecular weight is 419 g/mol. The minimum Gasteiger partial charge on any atom is -0.331 e. The summed E-state index contributed by atoms with van der Waals surface area (Å²) in [6.07, 6.45) is 1.74. The van der Waals surface area contributed by atoms with E-state index in [0.717, 1.165) is 21.3 Å². The number of rotatable bonds is 7. The van der Waals surface area contributed by atoms with Crippen LogP contribution in [0.2, 0.25) is 0 Å². The van der Waals surface area contributed by atoms with Crippen LogP contribution in [0.1, 0.15) is 27.2 Å². The molecule has 0 aliphatic rings. The van der Waals surface area contributed by atoms with Gasteiger partial charge in [0.05, 0.1) is 10.2 Å². The van der Waals surface area contributed by atoms with Crippen LogP contribution in [0.15, 0.2) is 78.7 Å². The first-order valence-corrected chi connectivity index (χ1v) is 10.7. The average Bonchev–Trinajstić information content (AvgIpc) is 3.31. The predicted molar refractivity (Wildman–Crippen MR) is 121 cm³/mol. The largest absolute Gasteiger partial charge is 0.331 e. The van der Waals surface area contributed by atoms with Crippen LogP contribution in [0.5, 0.6) is 0 Å². The molecule has 0 radical (unpaired) electrons. The molecule has 0 aliphatic carbocycles. The number of amides is 1. The van der Waals surface area contributed by atoms with E-state index < -0.39 is 0 Å². The molecular weight excluding hydrogens is 395 g/mol. The number of fused-ring (bicyclic) bond motifs is 1. The van der Waals surface area contributed by atoms with Crippen molar-refractivity contribution in [2.75, 3.05) is 6.54 Å². The number of thiophene rings is 1. The van der Waals surface area contributed by atoms with E-state index in [4.69, 9.17) is 0 Å². The molecule has 0 saturated carbocycles. The van der Waals surface area contributed by atoms with Crippen molar-refractivity contribution < 1.29 is 9.18 Å². The first-order valence-electron chi connectivity index (χ1n) is 9.82. The Morgan fingerprint density at radius 3 is 2.67 bits per heavy atom. The maximum atomic E-state index is 13.7. The molecule has 2 aromatic carbocycles. The van der Waals surface area contributed by atoms with Gasteiger partial charge in [-0.05, 0) is 47.7 Å². The highest BCUT2D eigenvalue weighted by Gasteiger charge is 2.22. The van der Waals surface area contributed by atoms with Gasteiger partial charge in [0.1, 0.15) is 11.5 Å². The Balaban J connectivity index is 1.69. The standard InChI is InChI=1S/C25H23FN2OS/c1-3-12-27(16-19-9-7-18(2)8-10-19)25(29)23-15-24-22(11-13-30-24)28(23)17-20-5-4-6-21(26)14-20/h3-11,13-15H,1,12,16-17H2,2H3. The van der Waals surface area contributed by atoms with E-state index in [0.29, 0.717) is 25.3 Å². The van der Waals surface area contributed by atoms with Crippen LogP contribution in [0.4, 0.5) is 4.39 Å². The van der Waals surface area contributed by atoms with Crippen LogP contribution < -0.4 is 0 Å². The van der Waals surface area contributed by atoms with Gasteiger partial charge in [-0.1, -0.05) is 48.0 Å². The second-order valence-electron chi connectivity index (χ2n) is 7.38. The second kappa shape index (κ2) is 8.67. The highest BCUT2D eigenvalue weighted by atomic mass is 32.1. The van der Waals surface area contributed by atoms with Crippen molar-refractivity contribution in [3.63, 3.8) is 0 Å². The van der Waals surface area contributed by atoms with E-state index >= 15 is 0 Å². The Morgan fingerprint density at radius 1 is 1.13 bits per heavy atom. The summed E-state index contributed by atoms with van der Waals surface area (Å²) in [4.78, 5) is 15.3. The van der Waals surface area contributed by atoms with Gasteiger partial charge in [-0.3, -0.25) is 4.79 Å². The third-order valence-corrected chi connectivity index (χ3v) is 5.96. The molecule has 0 unspecified atom stereocenters. The van der Waals surface area contributed by atoms with Crippen molar-refractivity contribution >= 4 is 27.5 Å². The zero-order valence-electron chi connectivity index (χ0n) is 16.8. The molecular formula is C25H23FN2OS. The summed E-state index contributed by atoms with van der Waals surface area (Å²) in [6.45, 7) is 7.26. The lowest BCUT2D eigenvalue weighted by Gasteiger charge is -2.22. The molecule has 0 saturated heterocycles. The first kappa shape index (κ1) is 20.1. The van der Waals surface area contributed by atoms with E-state index in [-0.39, 0.29) is 11.7 Å². The predicted octanol–water partition coefficient (Wildman–Crippen LogP) is 6.03. The highest BCUT2D eigenvalue weighted by molar-refractivity contribution is 7.17. The van der Waals surface area contributed by atoms with Gasteiger partial charge >= 0.3 is 0 Å². The van der Waals surface area contributed by atoms with Gasteiger partial charge in [-0.25, -0.2) is 4.39 Å². The van der Waals surface area contributed by atoms with E-state index in [9.17, 15) is 9.18 Å². The molecule has 3 nitrogen and oxygen atoms in total. The Bertz CT molecular complexity index is 1190. The van der Waals surface area contributed by atoms with E-state index in [1.807, 2.05) is 47.2 Å². The lowest BCUT2D eigenvalue weighted by Crippen LogP contribution is -2.32. The summed E-state index contributed by atoms with van der Waals surface area (Å²) >= 11 is 1.60. The van der Waals surface area contributed by atoms with Crippen molar-refractivity contribution in [1.29, 1.82) is 0 Å². The second-order valence-corrected chi connectivity index (χ2v) is 8.32. The molecule has 1 amide bonds. The fraction of sp³-hybridized carbons (Fsp3) is 0.160. The number of nitrogens with zero attached hydrogens (tertiary/aromatic N) is 2. The summed E-state index contributed by atoms with van der Waals surface area (Å²) in [5.74, 6) is -0.336. The third kappa shape index (κ3) is 4.21. The summed E-state index contributed by atoms with van der Waals surface area (Å²) < 4.78 is 16.7. The Morgan fingerprint density at radius 2 is 1.93 bits per heavy atom. The van der Waals surface area contributed by atoms with E-state index in [1.165, 1.54) is 17.7 Å². The van der Waals surface area contributed by atoms with Gasteiger partial charge in [0.25, 0.3) is 5.91 Å². The molecule has 4 rings (SSSR count). The van der Waals surface area contributed by atoms with Gasteiger partial charge in [0.2, 0.25) is 0 Å². The number of hydrogen-bond donors (Lipinski definition) is 0. The Kier molecular flexibility index (Phi) is 5.81. The molecule has 0 N–H and O–H groups in total. The maximum Gasteiger partial charge on any atom is 0.271 e. The molecule has 0 bridgehead atoms. The molecule has 0 aliphatic heterocycles. The lowest BCUT2D eigenvalue weighted by atomic mass is 10.1. The summed E-state index contributed by atoms with van der Waals surface area (Å²) in [6, 6.07) is 18.7. The van der Waals surface area contributed by atoms with Crippen LogP contribution in [0.3, 0.4) is 0 Å². The molecule has 5 heteroatoms. The Labute approximate surface area is 179 Å². The van der Waals surface area contributed by atoms with Crippen molar-refractivity contribution in [2.24, 2.45) is 0 Å². The number of carbonyl (C=O) groups excluding carboxylic acids is 1. The topological polar surface area (TPSA) is 25.2 Å². The normalized spacial score (nSPS) is 11.0. The minimum absolute atomic E-state index is 0.0599. The fourth-order valence-corrected chi connectivity index (χ4v) is 4.42. The van der Waals surface area contributed by atoms with Crippen molar-refractivity contribution in [3.8, 4) is 0 Å². The van der Waals surface area contributed by atoms with E-state index in [1.54, 1.807) is 28.4 Å². The van der Waals surface area contributed by atoms with Crippen LogP contribution in [0.25, 0.3) is 10.2 Å². The van der Waals surface area contributed by atoms with Gasteiger partial charge in [0.15, 0.2) is 0 Å². The van der Waals surface area contributed by atoms with E-state index in [2.05, 4.69) is 18.7 Å². The number of halogens is 1. The SMILES string of the molecule is C=CCN(Cc1ccc(C)cc1)C(=O)c1cc2sccc2n1Cc1cccc(F)c1. The van der Waals surface area contributed by atoms with Crippen molar-refractivity contribution in [2.45, 2.75) is 20.0 Å². The number of benzene rings is 2. The summed E-state index contributed by atoms with van der Waals surface area (Å²) in [5, 5.41) is 2.01. The lowest BCUT2D eigenvalue weighted by molar-refractivity contribution is 0.0753. The Hall–Kier alpha value is -3.18. The molecule has 0 spiro atoms. The van der Waals surface area contributed by atoms with Gasteiger partial charge in [-0.15, -0.1) is 17.9 Å². The number of hydrogen-bond acceptors (Lipinski definition) is 2. The number of aromatic nitrogens is 1. The molecule has 152 valence electrons. The smallest absolute Gasteiger partial charge is 0.271 e. The van der Waals surface area contributed by atoms with Crippen LogP contribution in [0, 0.1) is 12.7 Å². The molecule has 4 aromatic rings. The molecule has 2 heterocycles. The fourth-order valence-electron chi connectivity index (χ4n) is 3.59. The minimum atomic E-state index is -0.276.